The molecule has 0 aliphatic carbocycles. The minimum Gasteiger partial charge on any atom is -0.497 e. The summed E-state index contributed by atoms with van der Waals surface area (Å²) in [4.78, 5) is 21.7. The Morgan fingerprint density at radius 3 is 2.80 bits per heavy atom. The molecular weight excluding hydrogens is 380 g/mol. The highest BCUT2D eigenvalue weighted by atomic mass is 16.5. The Labute approximate surface area is 174 Å². The average molecular weight is 404 g/mol. The molecule has 3 aromatic heterocycles. The second-order valence-electron chi connectivity index (χ2n) is 8.19. The van der Waals surface area contributed by atoms with Gasteiger partial charge in [-0.3, -0.25) is 14.2 Å². The standard InChI is InChI=1S/C22H24N6O2/c1-22(2,3)14-24-21(29)19-18-13-23-10-11-27(18)20(26-19)17-8-9-25-28(17)15-6-5-7-16(12-15)30-4/h5-13H,14H2,1-4H3,(H,24,29). The van der Waals surface area contributed by atoms with Gasteiger partial charge >= 0.3 is 0 Å². The first-order valence-corrected chi connectivity index (χ1v) is 9.66. The Kier molecular flexibility index (Phi) is 4.99. The number of nitrogens with one attached hydrogen (secondary N) is 1. The second kappa shape index (κ2) is 7.62. The number of hydrogen-bond donors (Lipinski definition) is 1. The van der Waals surface area contributed by atoms with Gasteiger partial charge in [0.05, 0.1) is 30.7 Å². The van der Waals surface area contributed by atoms with E-state index >= 15 is 0 Å². The molecule has 30 heavy (non-hydrogen) atoms. The molecule has 0 aliphatic rings. The zero-order valence-corrected chi connectivity index (χ0v) is 17.5. The molecule has 4 aromatic rings. The molecule has 0 atom stereocenters. The van der Waals surface area contributed by atoms with Crippen LogP contribution < -0.4 is 10.1 Å². The van der Waals surface area contributed by atoms with E-state index in [-0.39, 0.29) is 11.3 Å². The van der Waals surface area contributed by atoms with Crippen LogP contribution in [0, 0.1) is 5.41 Å². The molecule has 1 aromatic carbocycles. The van der Waals surface area contributed by atoms with E-state index in [1.807, 2.05) is 34.7 Å². The number of aromatic nitrogens is 5. The van der Waals surface area contributed by atoms with Gasteiger partial charge in [-0.05, 0) is 23.6 Å². The minimum atomic E-state index is -0.228. The van der Waals surface area contributed by atoms with Gasteiger partial charge in [0.2, 0.25) is 0 Å². The zero-order valence-electron chi connectivity index (χ0n) is 17.5. The molecule has 4 rings (SSSR count). The maximum Gasteiger partial charge on any atom is 0.272 e. The maximum atomic E-state index is 12.9. The number of ether oxygens (including phenoxy) is 1. The van der Waals surface area contributed by atoms with E-state index in [0.29, 0.717) is 23.6 Å². The first-order chi connectivity index (χ1) is 14.4. The number of fused-ring (bicyclic) bond motifs is 1. The Morgan fingerprint density at radius 1 is 1.20 bits per heavy atom. The molecule has 0 radical (unpaired) electrons. The molecule has 154 valence electrons. The third kappa shape index (κ3) is 3.76. The monoisotopic (exact) mass is 404 g/mol. The summed E-state index contributed by atoms with van der Waals surface area (Å²) in [6.07, 6.45) is 6.81. The molecule has 1 N–H and O–H groups in total. The Bertz CT molecular complexity index is 1200. The lowest BCUT2D eigenvalue weighted by Crippen LogP contribution is -2.32. The number of amides is 1. The lowest BCUT2D eigenvalue weighted by Gasteiger charge is -2.18. The van der Waals surface area contributed by atoms with Gasteiger partial charge in [-0.1, -0.05) is 26.8 Å². The Morgan fingerprint density at radius 2 is 2.03 bits per heavy atom. The van der Waals surface area contributed by atoms with Crippen LogP contribution in [-0.2, 0) is 0 Å². The molecule has 0 aliphatic heterocycles. The third-order valence-corrected chi connectivity index (χ3v) is 4.61. The van der Waals surface area contributed by atoms with Gasteiger partial charge in [-0.2, -0.15) is 5.10 Å². The topological polar surface area (TPSA) is 86.3 Å². The fourth-order valence-corrected chi connectivity index (χ4v) is 3.14. The smallest absolute Gasteiger partial charge is 0.272 e. The molecule has 0 spiro atoms. The number of hydrogen-bond acceptors (Lipinski definition) is 5. The fraction of sp³-hybridized carbons (Fsp3) is 0.273. The summed E-state index contributed by atoms with van der Waals surface area (Å²) in [6, 6.07) is 9.48. The highest BCUT2D eigenvalue weighted by molar-refractivity contribution is 5.99. The van der Waals surface area contributed by atoms with Crippen molar-refractivity contribution in [3.8, 4) is 23.0 Å². The van der Waals surface area contributed by atoms with Crippen molar-refractivity contribution < 1.29 is 9.53 Å². The van der Waals surface area contributed by atoms with E-state index in [9.17, 15) is 4.79 Å². The van der Waals surface area contributed by atoms with Gasteiger partial charge in [0.1, 0.15) is 11.4 Å². The van der Waals surface area contributed by atoms with Crippen LogP contribution in [0.25, 0.3) is 22.7 Å². The summed E-state index contributed by atoms with van der Waals surface area (Å²) >= 11 is 0. The molecule has 3 heterocycles. The number of rotatable bonds is 5. The second-order valence-corrected chi connectivity index (χ2v) is 8.19. The lowest BCUT2D eigenvalue weighted by atomic mass is 9.97. The van der Waals surface area contributed by atoms with Crippen molar-refractivity contribution in [2.24, 2.45) is 5.41 Å². The molecule has 0 saturated carbocycles. The summed E-state index contributed by atoms with van der Waals surface area (Å²) < 4.78 is 8.96. The summed E-state index contributed by atoms with van der Waals surface area (Å²) in [7, 11) is 1.63. The highest BCUT2D eigenvalue weighted by Gasteiger charge is 2.22. The van der Waals surface area contributed by atoms with Crippen LogP contribution >= 0.6 is 0 Å². The predicted molar refractivity (Wildman–Crippen MR) is 114 cm³/mol. The van der Waals surface area contributed by atoms with Crippen LogP contribution in [0.15, 0.2) is 55.1 Å². The van der Waals surface area contributed by atoms with E-state index in [0.717, 1.165) is 17.1 Å². The predicted octanol–water partition coefficient (Wildman–Crippen LogP) is 3.37. The van der Waals surface area contributed by atoms with Crippen LogP contribution in [0.2, 0.25) is 0 Å². The number of carbonyl (C=O) groups excluding carboxylic acids is 1. The van der Waals surface area contributed by atoms with Crippen molar-refractivity contribution in [1.29, 1.82) is 0 Å². The molecule has 8 heteroatoms. The largest absolute Gasteiger partial charge is 0.497 e. The zero-order chi connectivity index (χ0) is 21.3. The Hall–Kier alpha value is -3.68. The van der Waals surface area contributed by atoms with Crippen LogP contribution in [0.3, 0.4) is 0 Å². The number of nitrogens with zero attached hydrogens (tertiary/aromatic N) is 5. The van der Waals surface area contributed by atoms with Crippen LogP contribution in [0.4, 0.5) is 0 Å². The number of imidazole rings is 1. The quantitative estimate of drug-likeness (QED) is 0.551. The number of methoxy groups -OCH3 is 1. The summed E-state index contributed by atoms with van der Waals surface area (Å²) in [6.45, 7) is 6.75. The van der Waals surface area contributed by atoms with E-state index in [1.165, 1.54) is 0 Å². The first kappa shape index (κ1) is 19.6. The summed E-state index contributed by atoms with van der Waals surface area (Å²) in [5, 5.41) is 7.43. The first-order valence-electron chi connectivity index (χ1n) is 9.66. The van der Waals surface area contributed by atoms with E-state index in [4.69, 9.17) is 4.74 Å². The van der Waals surface area contributed by atoms with Crippen molar-refractivity contribution in [1.82, 2.24) is 29.5 Å². The summed E-state index contributed by atoms with van der Waals surface area (Å²) in [5.41, 5.74) is 2.52. The van der Waals surface area contributed by atoms with E-state index in [1.54, 1.807) is 36.6 Å². The van der Waals surface area contributed by atoms with Gasteiger partial charge in [-0.25, -0.2) is 9.67 Å². The van der Waals surface area contributed by atoms with Gasteiger partial charge in [0.15, 0.2) is 11.5 Å². The van der Waals surface area contributed by atoms with Crippen LogP contribution in [0.1, 0.15) is 31.3 Å². The average Bonchev–Trinajstić information content (AvgIpc) is 3.36. The van der Waals surface area contributed by atoms with Crippen molar-refractivity contribution in [2.75, 3.05) is 13.7 Å². The van der Waals surface area contributed by atoms with Gasteiger partial charge in [0.25, 0.3) is 5.91 Å². The SMILES string of the molecule is COc1cccc(-n2nccc2-c2nc(C(=O)NCC(C)(C)C)c3cnccn23)c1. The van der Waals surface area contributed by atoms with E-state index < -0.39 is 0 Å². The maximum absolute atomic E-state index is 12.9. The number of carbonyl (C=O) groups is 1. The van der Waals surface area contributed by atoms with Crippen molar-refractivity contribution in [3.63, 3.8) is 0 Å². The van der Waals surface area contributed by atoms with Gasteiger partial charge < -0.3 is 10.1 Å². The van der Waals surface area contributed by atoms with Crippen molar-refractivity contribution in [2.45, 2.75) is 20.8 Å². The van der Waals surface area contributed by atoms with Crippen molar-refractivity contribution in [3.05, 3.63) is 60.8 Å². The highest BCUT2D eigenvalue weighted by Crippen LogP contribution is 2.26. The van der Waals surface area contributed by atoms with Crippen molar-refractivity contribution >= 4 is 11.4 Å². The van der Waals surface area contributed by atoms with Crippen LogP contribution in [-0.4, -0.2) is 43.7 Å². The fourth-order valence-electron chi connectivity index (χ4n) is 3.14. The Balaban J connectivity index is 1.80. The lowest BCUT2D eigenvalue weighted by molar-refractivity contribution is 0.0936. The molecular formula is C22H24N6O2. The van der Waals surface area contributed by atoms with Gasteiger partial charge in [-0.15, -0.1) is 0 Å². The normalized spacial score (nSPS) is 11.6. The molecule has 0 saturated heterocycles. The molecule has 8 nitrogen and oxygen atoms in total. The van der Waals surface area contributed by atoms with E-state index in [2.05, 4.69) is 41.2 Å². The van der Waals surface area contributed by atoms with Gasteiger partial charge in [0, 0.05) is 25.0 Å². The molecule has 0 bridgehead atoms. The summed E-state index contributed by atoms with van der Waals surface area (Å²) in [5.74, 6) is 1.11. The third-order valence-electron chi connectivity index (χ3n) is 4.61. The van der Waals surface area contributed by atoms with Crippen LogP contribution in [0.5, 0.6) is 5.75 Å². The molecule has 0 fully saturated rings. The molecule has 0 unspecified atom stereocenters. The minimum absolute atomic E-state index is 0.0305. The number of benzene rings is 1. The molecule has 1 amide bonds.